The number of benzene rings is 2. The molecule has 1 N–H and O–H groups in total. The van der Waals surface area contributed by atoms with Crippen molar-refractivity contribution in [3.63, 3.8) is 0 Å². The van der Waals surface area contributed by atoms with Gasteiger partial charge < -0.3 is 10.2 Å². The zero-order valence-corrected chi connectivity index (χ0v) is 14.6. The predicted octanol–water partition coefficient (Wildman–Crippen LogP) is 4.62. The molecule has 0 aliphatic rings. The van der Waals surface area contributed by atoms with Gasteiger partial charge in [0.05, 0.1) is 0 Å². The van der Waals surface area contributed by atoms with Crippen LogP contribution in [0.25, 0.3) is 0 Å². The average Bonchev–Trinajstić information content (AvgIpc) is 2.62. The van der Waals surface area contributed by atoms with E-state index in [9.17, 15) is 4.79 Å². The molecule has 5 heteroatoms. The summed E-state index contributed by atoms with van der Waals surface area (Å²) in [6.45, 7) is 0.750. The van der Waals surface area contributed by atoms with E-state index < -0.39 is 0 Å². The van der Waals surface area contributed by atoms with Crippen LogP contribution < -0.4 is 10.2 Å². The molecular weight excluding hydrogens is 334 g/mol. The summed E-state index contributed by atoms with van der Waals surface area (Å²) in [5, 5.41) is 3.38. The lowest BCUT2D eigenvalue weighted by atomic mass is 10.2. The summed E-state index contributed by atoms with van der Waals surface area (Å²) in [5.74, 6) is -0.266. The number of pyridine rings is 1. The molecule has 3 rings (SSSR count). The first-order chi connectivity index (χ1) is 12.1. The van der Waals surface area contributed by atoms with Gasteiger partial charge in [0.1, 0.15) is 5.69 Å². The molecule has 1 aromatic heterocycles. The number of carbonyl (C=O) groups excluding carboxylic acids is 1. The Hall–Kier alpha value is -2.85. The highest BCUT2D eigenvalue weighted by molar-refractivity contribution is 6.30. The van der Waals surface area contributed by atoms with Gasteiger partial charge in [0.25, 0.3) is 5.91 Å². The Bertz CT molecular complexity index is 868. The number of nitrogens with one attached hydrogen (secondary N) is 1. The molecule has 0 fully saturated rings. The lowest BCUT2D eigenvalue weighted by Gasteiger charge is -2.19. The summed E-state index contributed by atoms with van der Waals surface area (Å²) in [4.78, 5) is 18.7. The number of hydrogen-bond donors (Lipinski definition) is 1. The lowest BCUT2D eigenvalue weighted by molar-refractivity contribution is 0.102. The largest absolute Gasteiger partial charge is 0.370 e. The highest BCUT2D eigenvalue weighted by Crippen LogP contribution is 2.18. The van der Waals surface area contributed by atoms with E-state index in [1.165, 1.54) is 5.56 Å². The van der Waals surface area contributed by atoms with Crippen molar-refractivity contribution in [2.45, 2.75) is 6.54 Å². The third kappa shape index (κ3) is 4.58. The number of rotatable bonds is 5. The van der Waals surface area contributed by atoms with Gasteiger partial charge in [-0.05, 0) is 35.9 Å². The van der Waals surface area contributed by atoms with E-state index in [0.29, 0.717) is 16.4 Å². The molecular formula is C20H18ClN3O. The fraction of sp³-hybridized carbons (Fsp3) is 0.100. The maximum Gasteiger partial charge on any atom is 0.274 e. The second-order valence-electron chi connectivity index (χ2n) is 5.71. The minimum absolute atomic E-state index is 0.266. The van der Waals surface area contributed by atoms with Gasteiger partial charge in [0, 0.05) is 36.2 Å². The standard InChI is InChI=1S/C20H18ClN3O/c1-24(14-15-6-3-2-4-7-15)18-10-11-22-19(13-18)20(25)23-17-9-5-8-16(21)12-17/h2-13H,14H2,1H3,(H,23,25). The van der Waals surface area contributed by atoms with Crippen LogP contribution in [0, 0.1) is 0 Å². The lowest BCUT2D eigenvalue weighted by Crippen LogP contribution is -2.18. The van der Waals surface area contributed by atoms with E-state index in [1.807, 2.05) is 31.3 Å². The monoisotopic (exact) mass is 351 g/mol. The molecule has 4 nitrogen and oxygen atoms in total. The van der Waals surface area contributed by atoms with Gasteiger partial charge in [-0.3, -0.25) is 9.78 Å². The van der Waals surface area contributed by atoms with Crippen molar-refractivity contribution in [2.24, 2.45) is 0 Å². The fourth-order valence-electron chi connectivity index (χ4n) is 2.49. The summed E-state index contributed by atoms with van der Waals surface area (Å²) in [6.07, 6.45) is 1.64. The van der Waals surface area contributed by atoms with Crippen LogP contribution in [0.15, 0.2) is 72.9 Å². The molecule has 0 atom stereocenters. The van der Waals surface area contributed by atoms with Crippen LogP contribution in [0.1, 0.15) is 16.1 Å². The molecule has 25 heavy (non-hydrogen) atoms. The van der Waals surface area contributed by atoms with Gasteiger partial charge in [-0.2, -0.15) is 0 Å². The fourth-order valence-corrected chi connectivity index (χ4v) is 2.68. The summed E-state index contributed by atoms with van der Waals surface area (Å²) in [6, 6.07) is 20.9. The molecule has 1 heterocycles. The first kappa shape index (κ1) is 17.0. The van der Waals surface area contributed by atoms with Crippen molar-refractivity contribution in [3.05, 3.63) is 89.2 Å². The Morgan fingerprint density at radius 2 is 1.88 bits per heavy atom. The molecule has 1 amide bonds. The second kappa shape index (κ2) is 7.81. The number of halogens is 1. The van der Waals surface area contributed by atoms with Gasteiger partial charge >= 0.3 is 0 Å². The maximum atomic E-state index is 12.4. The molecule has 0 radical (unpaired) electrons. The molecule has 0 saturated carbocycles. The van der Waals surface area contributed by atoms with Crippen LogP contribution in [0.2, 0.25) is 5.02 Å². The zero-order valence-electron chi connectivity index (χ0n) is 13.8. The van der Waals surface area contributed by atoms with Crippen molar-refractivity contribution < 1.29 is 4.79 Å². The van der Waals surface area contributed by atoms with E-state index in [2.05, 4.69) is 27.3 Å². The maximum absolute atomic E-state index is 12.4. The van der Waals surface area contributed by atoms with Crippen molar-refractivity contribution in [3.8, 4) is 0 Å². The number of carbonyl (C=O) groups is 1. The number of hydrogen-bond acceptors (Lipinski definition) is 3. The second-order valence-corrected chi connectivity index (χ2v) is 6.14. The Morgan fingerprint density at radius 1 is 1.08 bits per heavy atom. The molecule has 0 spiro atoms. The van der Waals surface area contributed by atoms with Crippen molar-refractivity contribution in [1.82, 2.24) is 4.98 Å². The van der Waals surface area contributed by atoms with Gasteiger partial charge in [-0.25, -0.2) is 0 Å². The van der Waals surface area contributed by atoms with Crippen molar-refractivity contribution in [2.75, 3.05) is 17.3 Å². The summed E-state index contributed by atoms with van der Waals surface area (Å²) >= 11 is 5.94. The van der Waals surface area contributed by atoms with Crippen LogP contribution in [-0.4, -0.2) is 17.9 Å². The van der Waals surface area contributed by atoms with E-state index in [0.717, 1.165) is 12.2 Å². The Morgan fingerprint density at radius 3 is 2.64 bits per heavy atom. The topological polar surface area (TPSA) is 45.2 Å². The Labute approximate surface area is 152 Å². The van der Waals surface area contributed by atoms with Crippen molar-refractivity contribution in [1.29, 1.82) is 0 Å². The molecule has 0 aliphatic carbocycles. The molecule has 0 unspecified atom stereocenters. The molecule has 3 aromatic rings. The Balaban J connectivity index is 1.73. The molecule has 0 aliphatic heterocycles. The minimum Gasteiger partial charge on any atom is -0.370 e. The minimum atomic E-state index is -0.266. The number of aromatic nitrogens is 1. The summed E-state index contributed by atoms with van der Waals surface area (Å²) < 4.78 is 0. The normalized spacial score (nSPS) is 10.3. The zero-order chi connectivity index (χ0) is 17.6. The Kier molecular flexibility index (Phi) is 5.31. The van der Waals surface area contributed by atoms with Crippen LogP contribution in [0.3, 0.4) is 0 Å². The smallest absolute Gasteiger partial charge is 0.274 e. The summed E-state index contributed by atoms with van der Waals surface area (Å²) in [7, 11) is 1.99. The highest BCUT2D eigenvalue weighted by Gasteiger charge is 2.11. The third-order valence-corrected chi connectivity index (χ3v) is 4.00. The molecule has 2 aromatic carbocycles. The van der Waals surface area contributed by atoms with Gasteiger partial charge in [-0.1, -0.05) is 48.0 Å². The SMILES string of the molecule is CN(Cc1ccccc1)c1ccnc(C(=O)Nc2cccc(Cl)c2)c1. The van der Waals surface area contributed by atoms with E-state index >= 15 is 0 Å². The summed E-state index contributed by atoms with van der Waals surface area (Å²) in [5.41, 5.74) is 3.13. The first-order valence-corrected chi connectivity index (χ1v) is 8.27. The van der Waals surface area contributed by atoms with Gasteiger partial charge in [0.2, 0.25) is 0 Å². The van der Waals surface area contributed by atoms with Crippen LogP contribution in [0.4, 0.5) is 11.4 Å². The highest BCUT2D eigenvalue weighted by atomic mass is 35.5. The third-order valence-electron chi connectivity index (χ3n) is 3.76. The molecule has 0 bridgehead atoms. The number of amides is 1. The molecule has 126 valence electrons. The van der Waals surface area contributed by atoms with E-state index in [4.69, 9.17) is 11.6 Å². The number of anilines is 2. The average molecular weight is 352 g/mol. The van der Waals surface area contributed by atoms with Crippen LogP contribution in [0.5, 0.6) is 0 Å². The van der Waals surface area contributed by atoms with E-state index in [-0.39, 0.29) is 5.91 Å². The van der Waals surface area contributed by atoms with E-state index in [1.54, 1.807) is 36.5 Å². The quantitative estimate of drug-likeness (QED) is 0.729. The predicted molar refractivity (Wildman–Crippen MR) is 102 cm³/mol. The number of nitrogens with zero attached hydrogens (tertiary/aromatic N) is 2. The van der Waals surface area contributed by atoms with Crippen molar-refractivity contribution >= 4 is 28.9 Å². The van der Waals surface area contributed by atoms with Gasteiger partial charge in [0.15, 0.2) is 0 Å². The van der Waals surface area contributed by atoms with Crippen LogP contribution in [-0.2, 0) is 6.54 Å². The van der Waals surface area contributed by atoms with Gasteiger partial charge in [-0.15, -0.1) is 0 Å². The van der Waals surface area contributed by atoms with Crippen LogP contribution >= 0.6 is 11.6 Å². The molecule has 0 saturated heterocycles. The first-order valence-electron chi connectivity index (χ1n) is 7.90.